The molecule has 4 aromatic rings. The topological polar surface area (TPSA) is 42.4 Å². The van der Waals surface area contributed by atoms with Crippen molar-refractivity contribution in [3.05, 3.63) is 131 Å². The molecule has 0 amide bonds. The van der Waals surface area contributed by atoms with E-state index in [-0.39, 0.29) is 11.9 Å². The van der Waals surface area contributed by atoms with Crippen LogP contribution in [0.2, 0.25) is 0 Å². The van der Waals surface area contributed by atoms with Crippen molar-refractivity contribution in [1.29, 1.82) is 0 Å². The maximum atomic E-state index is 11.9. The molecule has 4 nitrogen and oxygen atoms in total. The molecular formula is C33H34N2O2. The molecule has 0 radical (unpaired) electrons. The lowest BCUT2D eigenvalue weighted by atomic mass is 9.91. The second kappa shape index (κ2) is 12.0. The van der Waals surface area contributed by atoms with Gasteiger partial charge in [-0.3, -0.25) is 9.78 Å². The van der Waals surface area contributed by atoms with Crippen molar-refractivity contribution in [2.45, 2.75) is 38.9 Å². The summed E-state index contributed by atoms with van der Waals surface area (Å²) in [6.07, 6.45) is 4.95. The fourth-order valence-electron chi connectivity index (χ4n) is 5.15. The third kappa shape index (κ3) is 6.33. The maximum Gasteiger partial charge on any atom is 0.160 e. The SMILES string of the molecule is CC(=O)c1ccccc1CCCC1CN(c2ccc(C(OCc3ccccn3)c3ccccc3)cc2)C1. The molecule has 1 aliphatic heterocycles. The maximum absolute atomic E-state index is 11.9. The van der Waals surface area contributed by atoms with Crippen molar-refractivity contribution < 1.29 is 9.53 Å². The number of nitrogens with zero attached hydrogens (tertiary/aromatic N) is 2. The van der Waals surface area contributed by atoms with E-state index in [9.17, 15) is 4.79 Å². The van der Waals surface area contributed by atoms with Gasteiger partial charge in [0.15, 0.2) is 5.78 Å². The summed E-state index contributed by atoms with van der Waals surface area (Å²) in [4.78, 5) is 18.7. The summed E-state index contributed by atoms with van der Waals surface area (Å²) in [5, 5.41) is 0. The minimum absolute atomic E-state index is 0.140. The average Bonchev–Trinajstić information content (AvgIpc) is 2.92. The number of benzene rings is 3. The monoisotopic (exact) mass is 490 g/mol. The first-order chi connectivity index (χ1) is 18.2. The third-order valence-electron chi connectivity index (χ3n) is 7.20. The van der Waals surface area contributed by atoms with E-state index in [2.05, 4.69) is 64.5 Å². The Morgan fingerprint density at radius 1 is 0.892 bits per heavy atom. The molecular weight excluding hydrogens is 456 g/mol. The van der Waals surface area contributed by atoms with Crippen LogP contribution in [0.1, 0.15) is 58.6 Å². The van der Waals surface area contributed by atoms with Crippen LogP contribution in [0, 0.1) is 5.92 Å². The van der Waals surface area contributed by atoms with Gasteiger partial charge in [-0.25, -0.2) is 0 Å². The van der Waals surface area contributed by atoms with Gasteiger partial charge in [-0.2, -0.15) is 0 Å². The molecule has 0 bridgehead atoms. The molecule has 0 saturated carbocycles. The summed E-state index contributed by atoms with van der Waals surface area (Å²) < 4.78 is 6.36. The smallest absolute Gasteiger partial charge is 0.160 e. The molecule has 1 aromatic heterocycles. The van der Waals surface area contributed by atoms with Gasteiger partial charge >= 0.3 is 0 Å². The second-order valence-electron chi connectivity index (χ2n) is 9.89. The fraction of sp³-hybridized carbons (Fsp3) is 0.273. The zero-order valence-electron chi connectivity index (χ0n) is 21.4. The molecule has 0 N–H and O–H groups in total. The van der Waals surface area contributed by atoms with Crippen molar-refractivity contribution in [1.82, 2.24) is 4.98 Å². The van der Waals surface area contributed by atoms with Gasteiger partial charge in [0.1, 0.15) is 6.10 Å². The first kappa shape index (κ1) is 24.9. The van der Waals surface area contributed by atoms with Crippen LogP contribution in [0.15, 0.2) is 103 Å². The number of ketones is 1. The lowest BCUT2D eigenvalue weighted by molar-refractivity contribution is 0.0646. The molecule has 188 valence electrons. The molecule has 1 aliphatic rings. The van der Waals surface area contributed by atoms with Gasteiger partial charge in [-0.1, -0.05) is 72.8 Å². The number of aryl methyl sites for hydroxylation is 1. The van der Waals surface area contributed by atoms with Crippen LogP contribution in [0.4, 0.5) is 5.69 Å². The van der Waals surface area contributed by atoms with Crippen LogP contribution in [0.3, 0.4) is 0 Å². The fourth-order valence-corrected chi connectivity index (χ4v) is 5.15. The van der Waals surface area contributed by atoms with Crippen LogP contribution in [0.5, 0.6) is 0 Å². The number of hydrogen-bond acceptors (Lipinski definition) is 4. The van der Waals surface area contributed by atoms with E-state index < -0.39 is 0 Å². The Balaban J connectivity index is 1.16. The van der Waals surface area contributed by atoms with E-state index >= 15 is 0 Å². The van der Waals surface area contributed by atoms with Crippen molar-refractivity contribution in [2.24, 2.45) is 5.92 Å². The quantitative estimate of drug-likeness (QED) is 0.211. The van der Waals surface area contributed by atoms with Crippen LogP contribution >= 0.6 is 0 Å². The van der Waals surface area contributed by atoms with Crippen molar-refractivity contribution in [3.8, 4) is 0 Å². The number of rotatable bonds is 11. The molecule has 1 saturated heterocycles. The predicted octanol–water partition coefficient (Wildman–Crippen LogP) is 7.05. The molecule has 2 heterocycles. The Morgan fingerprint density at radius 3 is 2.32 bits per heavy atom. The van der Waals surface area contributed by atoms with Crippen molar-refractivity contribution in [2.75, 3.05) is 18.0 Å². The van der Waals surface area contributed by atoms with E-state index in [0.29, 0.717) is 12.5 Å². The minimum atomic E-state index is -0.140. The molecule has 1 atom stereocenters. The minimum Gasteiger partial charge on any atom is -0.371 e. The first-order valence-corrected chi connectivity index (χ1v) is 13.2. The summed E-state index contributed by atoms with van der Waals surface area (Å²) in [5.41, 5.74) is 6.53. The number of hydrogen-bond donors (Lipinski definition) is 0. The van der Waals surface area contributed by atoms with Crippen molar-refractivity contribution in [3.63, 3.8) is 0 Å². The second-order valence-corrected chi connectivity index (χ2v) is 9.89. The molecule has 0 aliphatic carbocycles. The Hall–Kier alpha value is -3.76. The number of anilines is 1. The molecule has 0 spiro atoms. The highest BCUT2D eigenvalue weighted by Crippen LogP contribution is 2.32. The van der Waals surface area contributed by atoms with Crippen LogP contribution in [-0.2, 0) is 17.8 Å². The van der Waals surface area contributed by atoms with E-state index in [4.69, 9.17) is 4.74 Å². The van der Waals surface area contributed by atoms with Gasteiger partial charge < -0.3 is 9.64 Å². The molecule has 3 aromatic carbocycles. The van der Waals surface area contributed by atoms with Gasteiger partial charge in [0, 0.05) is 30.5 Å². The Kier molecular flexibility index (Phi) is 8.07. The molecule has 4 heteroatoms. The Bertz CT molecular complexity index is 1280. The average molecular weight is 491 g/mol. The molecule has 5 rings (SSSR count). The zero-order chi connectivity index (χ0) is 25.5. The number of carbonyl (C=O) groups excluding carboxylic acids is 1. The number of carbonyl (C=O) groups is 1. The number of aromatic nitrogens is 1. The standard InChI is InChI=1S/C33H34N2O2/c1-25(36)32-16-6-5-11-27(32)14-9-10-26-22-35(23-26)31-19-17-29(18-20-31)33(28-12-3-2-4-13-28)37-24-30-15-7-8-21-34-30/h2-8,11-13,15-21,26,33H,9-10,14,22-24H2,1H3. The molecule has 1 fully saturated rings. The van der Waals surface area contributed by atoms with E-state index in [1.54, 1.807) is 13.1 Å². The third-order valence-corrected chi connectivity index (χ3v) is 7.20. The van der Waals surface area contributed by atoms with E-state index in [1.807, 2.05) is 42.5 Å². The van der Waals surface area contributed by atoms with Crippen LogP contribution in [0.25, 0.3) is 0 Å². The number of pyridine rings is 1. The Morgan fingerprint density at radius 2 is 1.59 bits per heavy atom. The van der Waals surface area contributed by atoms with Gasteiger partial charge in [0.2, 0.25) is 0 Å². The predicted molar refractivity (Wildman–Crippen MR) is 149 cm³/mol. The largest absolute Gasteiger partial charge is 0.371 e. The normalized spacial score (nSPS) is 14.2. The summed E-state index contributed by atoms with van der Waals surface area (Å²) in [6, 6.07) is 33.1. The van der Waals surface area contributed by atoms with Crippen molar-refractivity contribution >= 4 is 11.5 Å². The lowest BCUT2D eigenvalue weighted by Crippen LogP contribution is -2.46. The summed E-state index contributed by atoms with van der Waals surface area (Å²) >= 11 is 0. The van der Waals surface area contributed by atoms with Crippen LogP contribution < -0.4 is 4.90 Å². The summed E-state index contributed by atoms with van der Waals surface area (Å²) in [7, 11) is 0. The number of Topliss-reactive ketones (excluding diaryl/α,β-unsaturated/α-hetero) is 1. The molecule has 1 unspecified atom stereocenters. The zero-order valence-corrected chi connectivity index (χ0v) is 21.4. The van der Waals surface area contributed by atoms with Crippen LogP contribution in [-0.4, -0.2) is 23.9 Å². The van der Waals surface area contributed by atoms with Gasteiger partial charge in [-0.05, 0) is 73.1 Å². The summed E-state index contributed by atoms with van der Waals surface area (Å²) in [6.45, 7) is 4.30. The lowest BCUT2D eigenvalue weighted by Gasteiger charge is -2.41. The highest BCUT2D eigenvalue weighted by Gasteiger charge is 2.26. The first-order valence-electron chi connectivity index (χ1n) is 13.2. The van der Waals surface area contributed by atoms with Gasteiger partial charge in [0.05, 0.1) is 12.3 Å². The van der Waals surface area contributed by atoms with Gasteiger partial charge in [0.25, 0.3) is 0 Å². The molecule has 37 heavy (non-hydrogen) atoms. The highest BCUT2D eigenvalue weighted by atomic mass is 16.5. The van der Waals surface area contributed by atoms with E-state index in [0.717, 1.165) is 48.3 Å². The number of ether oxygens (including phenoxy) is 1. The highest BCUT2D eigenvalue weighted by molar-refractivity contribution is 5.95. The van der Waals surface area contributed by atoms with Gasteiger partial charge in [-0.15, -0.1) is 0 Å². The Labute approximate surface area is 220 Å². The van der Waals surface area contributed by atoms with E-state index in [1.165, 1.54) is 17.7 Å². The summed E-state index contributed by atoms with van der Waals surface area (Å²) in [5.74, 6) is 0.869.